The molecular formula is C20H35N5O. The van der Waals surface area contributed by atoms with Crippen molar-refractivity contribution in [3.8, 4) is 5.75 Å². The van der Waals surface area contributed by atoms with E-state index >= 15 is 0 Å². The van der Waals surface area contributed by atoms with E-state index in [0.29, 0.717) is 6.04 Å². The van der Waals surface area contributed by atoms with Crippen LogP contribution < -0.4 is 10.1 Å². The first-order valence-corrected chi connectivity index (χ1v) is 9.58. The highest BCUT2D eigenvalue weighted by atomic mass is 16.5. The largest absolute Gasteiger partial charge is 0.497 e. The molecule has 0 aromatic heterocycles. The lowest BCUT2D eigenvalue weighted by Gasteiger charge is -2.36. The normalized spacial score (nSPS) is 17.8. The van der Waals surface area contributed by atoms with Crippen LogP contribution in [0.5, 0.6) is 5.75 Å². The van der Waals surface area contributed by atoms with Crippen molar-refractivity contribution in [1.82, 2.24) is 20.0 Å². The number of nitrogens with zero attached hydrogens (tertiary/aromatic N) is 4. The number of nitrogens with one attached hydrogen (secondary N) is 1. The lowest BCUT2D eigenvalue weighted by Crippen LogP contribution is -2.49. The van der Waals surface area contributed by atoms with E-state index in [2.05, 4.69) is 60.1 Å². The molecule has 2 rings (SSSR count). The molecule has 1 heterocycles. The second-order valence-electron chi connectivity index (χ2n) is 7.09. The third-order valence-corrected chi connectivity index (χ3v) is 4.94. The first-order valence-electron chi connectivity index (χ1n) is 9.58. The number of piperazine rings is 1. The number of rotatable bonds is 7. The molecule has 26 heavy (non-hydrogen) atoms. The summed E-state index contributed by atoms with van der Waals surface area (Å²) in [5.74, 6) is 1.85. The van der Waals surface area contributed by atoms with Gasteiger partial charge in [-0.15, -0.1) is 0 Å². The van der Waals surface area contributed by atoms with Crippen LogP contribution in [0, 0.1) is 0 Å². The number of methoxy groups -OCH3 is 1. The van der Waals surface area contributed by atoms with Crippen molar-refractivity contribution >= 4 is 5.96 Å². The SMILES string of the molecule is CCNC(=NCC(C)N1CCN(C)CC1)N(C)Cc1ccc(OC)cc1. The summed E-state index contributed by atoms with van der Waals surface area (Å²) in [7, 11) is 5.97. The zero-order chi connectivity index (χ0) is 18.9. The van der Waals surface area contributed by atoms with Gasteiger partial charge in [-0.3, -0.25) is 9.89 Å². The van der Waals surface area contributed by atoms with Gasteiger partial charge in [-0.25, -0.2) is 0 Å². The van der Waals surface area contributed by atoms with E-state index in [0.717, 1.165) is 57.5 Å². The van der Waals surface area contributed by atoms with E-state index in [-0.39, 0.29) is 0 Å². The average Bonchev–Trinajstić information content (AvgIpc) is 2.66. The van der Waals surface area contributed by atoms with Crippen LogP contribution in [0.25, 0.3) is 0 Å². The number of hydrogen-bond acceptors (Lipinski definition) is 4. The van der Waals surface area contributed by atoms with Crippen molar-refractivity contribution in [2.75, 3.05) is 60.5 Å². The molecule has 1 fully saturated rings. The first-order chi connectivity index (χ1) is 12.5. The van der Waals surface area contributed by atoms with E-state index in [1.165, 1.54) is 5.56 Å². The van der Waals surface area contributed by atoms with Gasteiger partial charge in [-0.1, -0.05) is 12.1 Å². The summed E-state index contributed by atoms with van der Waals surface area (Å²) in [5, 5.41) is 3.42. The molecule has 1 aromatic carbocycles. The predicted molar refractivity (Wildman–Crippen MR) is 109 cm³/mol. The molecule has 1 aliphatic rings. The molecule has 0 bridgehead atoms. The zero-order valence-electron chi connectivity index (χ0n) is 17.0. The highest BCUT2D eigenvalue weighted by molar-refractivity contribution is 5.79. The highest BCUT2D eigenvalue weighted by Crippen LogP contribution is 2.13. The zero-order valence-corrected chi connectivity index (χ0v) is 17.0. The van der Waals surface area contributed by atoms with Crippen LogP contribution in [-0.4, -0.2) is 87.2 Å². The maximum Gasteiger partial charge on any atom is 0.194 e. The molecule has 0 amide bonds. The number of hydrogen-bond donors (Lipinski definition) is 1. The van der Waals surface area contributed by atoms with Gasteiger partial charge in [0.1, 0.15) is 5.75 Å². The Morgan fingerprint density at radius 3 is 2.46 bits per heavy atom. The van der Waals surface area contributed by atoms with Crippen LogP contribution in [0.1, 0.15) is 19.4 Å². The van der Waals surface area contributed by atoms with Crippen LogP contribution in [-0.2, 0) is 6.54 Å². The molecule has 1 atom stereocenters. The topological polar surface area (TPSA) is 43.3 Å². The van der Waals surface area contributed by atoms with Gasteiger partial charge in [0, 0.05) is 52.4 Å². The quantitative estimate of drug-likeness (QED) is 0.592. The van der Waals surface area contributed by atoms with E-state index in [1.807, 2.05) is 12.1 Å². The van der Waals surface area contributed by atoms with E-state index in [1.54, 1.807) is 7.11 Å². The summed E-state index contributed by atoms with van der Waals surface area (Å²) in [4.78, 5) is 12.0. The molecule has 146 valence electrons. The molecule has 1 unspecified atom stereocenters. The average molecular weight is 362 g/mol. The summed E-state index contributed by atoms with van der Waals surface area (Å²) in [6, 6.07) is 8.68. The van der Waals surface area contributed by atoms with Crippen molar-refractivity contribution in [3.05, 3.63) is 29.8 Å². The Kier molecular flexibility index (Phi) is 8.19. The van der Waals surface area contributed by atoms with Crippen molar-refractivity contribution in [2.45, 2.75) is 26.4 Å². The Morgan fingerprint density at radius 2 is 1.88 bits per heavy atom. The van der Waals surface area contributed by atoms with Crippen molar-refractivity contribution < 1.29 is 4.74 Å². The second kappa shape index (κ2) is 10.4. The molecule has 1 aliphatic heterocycles. The molecule has 1 aromatic rings. The van der Waals surface area contributed by atoms with Crippen LogP contribution in [0.3, 0.4) is 0 Å². The van der Waals surface area contributed by atoms with Crippen molar-refractivity contribution in [2.24, 2.45) is 4.99 Å². The minimum Gasteiger partial charge on any atom is -0.497 e. The van der Waals surface area contributed by atoms with Gasteiger partial charge in [0.15, 0.2) is 5.96 Å². The maximum absolute atomic E-state index is 5.23. The molecule has 0 aliphatic carbocycles. The summed E-state index contributed by atoms with van der Waals surface area (Å²) < 4.78 is 5.23. The van der Waals surface area contributed by atoms with E-state index in [9.17, 15) is 0 Å². The van der Waals surface area contributed by atoms with Gasteiger partial charge in [0.25, 0.3) is 0 Å². The highest BCUT2D eigenvalue weighted by Gasteiger charge is 2.19. The Labute approximate surface area is 158 Å². The van der Waals surface area contributed by atoms with Gasteiger partial charge >= 0.3 is 0 Å². The van der Waals surface area contributed by atoms with E-state index in [4.69, 9.17) is 9.73 Å². The molecule has 0 saturated carbocycles. The maximum atomic E-state index is 5.23. The number of ether oxygens (including phenoxy) is 1. The minimum atomic E-state index is 0.465. The molecular weight excluding hydrogens is 326 g/mol. The lowest BCUT2D eigenvalue weighted by atomic mass is 10.2. The van der Waals surface area contributed by atoms with E-state index < -0.39 is 0 Å². The summed E-state index contributed by atoms with van der Waals surface area (Å²) in [5.41, 5.74) is 1.24. The Hall–Kier alpha value is -1.79. The Balaban J connectivity index is 1.93. The monoisotopic (exact) mass is 361 g/mol. The van der Waals surface area contributed by atoms with Gasteiger partial charge in [-0.2, -0.15) is 0 Å². The van der Waals surface area contributed by atoms with Crippen LogP contribution >= 0.6 is 0 Å². The standard InChI is InChI=1S/C20H35N5O/c1-6-21-20(22-15-17(2)25-13-11-23(3)12-14-25)24(4)16-18-7-9-19(26-5)10-8-18/h7-10,17H,6,11-16H2,1-5H3,(H,21,22). The lowest BCUT2D eigenvalue weighted by molar-refractivity contribution is 0.122. The van der Waals surface area contributed by atoms with Crippen molar-refractivity contribution in [1.29, 1.82) is 0 Å². The number of benzene rings is 1. The van der Waals surface area contributed by atoms with Crippen LogP contribution in [0.15, 0.2) is 29.3 Å². The molecule has 0 spiro atoms. The number of guanidine groups is 1. The van der Waals surface area contributed by atoms with Gasteiger partial charge in [0.05, 0.1) is 13.7 Å². The Bertz CT molecular complexity index is 552. The summed E-state index contributed by atoms with van der Waals surface area (Å²) >= 11 is 0. The van der Waals surface area contributed by atoms with Crippen LogP contribution in [0.2, 0.25) is 0 Å². The van der Waals surface area contributed by atoms with Crippen molar-refractivity contribution in [3.63, 3.8) is 0 Å². The Morgan fingerprint density at radius 1 is 1.23 bits per heavy atom. The summed E-state index contributed by atoms with van der Waals surface area (Å²) in [6.07, 6.45) is 0. The third-order valence-electron chi connectivity index (χ3n) is 4.94. The summed E-state index contributed by atoms with van der Waals surface area (Å²) in [6.45, 7) is 11.4. The number of likely N-dealkylation sites (N-methyl/N-ethyl adjacent to an activating group) is 1. The number of aliphatic imine (C=N–C) groups is 1. The van der Waals surface area contributed by atoms with Gasteiger partial charge < -0.3 is 19.9 Å². The molecule has 1 saturated heterocycles. The molecule has 6 nitrogen and oxygen atoms in total. The van der Waals surface area contributed by atoms with Gasteiger partial charge in [-0.05, 0) is 38.6 Å². The van der Waals surface area contributed by atoms with Crippen LogP contribution in [0.4, 0.5) is 0 Å². The molecule has 1 N–H and O–H groups in total. The fraction of sp³-hybridized carbons (Fsp3) is 0.650. The molecule has 6 heteroatoms. The predicted octanol–water partition coefficient (Wildman–Crippen LogP) is 1.73. The molecule has 0 radical (unpaired) electrons. The fourth-order valence-corrected chi connectivity index (χ4v) is 3.15. The fourth-order valence-electron chi connectivity index (χ4n) is 3.15. The smallest absolute Gasteiger partial charge is 0.194 e. The van der Waals surface area contributed by atoms with Gasteiger partial charge in [0.2, 0.25) is 0 Å². The second-order valence-corrected chi connectivity index (χ2v) is 7.09. The minimum absolute atomic E-state index is 0.465. The third kappa shape index (κ3) is 6.18. The first kappa shape index (κ1) is 20.5.